The van der Waals surface area contributed by atoms with E-state index in [1.54, 1.807) is 6.92 Å². The first-order chi connectivity index (χ1) is 8.26. The lowest BCUT2D eigenvalue weighted by molar-refractivity contribution is -0.142. The number of aryl methyl sites for hydroxylation is 1. The zero-order valence-electron chi connectivity index (χ0n) is 10.8. The van der Waals surface area contributed by atoms with Crippen molar-refractivity contribution in [1.29, 1.82) is 0 Å². The molecule has 3 heteroatoms. The van der Waals surface area contributed by atoms with Crippen molar-refractivity contribution in [2.24, 2.45) is 0 Å². The molecule has 17 heavy (non-hydrogen) atoms. The van der Waals surface area contributed by atoms with Crippen LogP contribution in [-0.2, 0) is 22.4 Å². The van der Waals surface area contributed by atoms with Gasteiger partial charge in [0.2, 0.25) is 0 Å². The fraction of sp³-hybridized carbons (Fsp3) is 0.643. The second-order valence-corrected chi connectivity index (χ2v) is 4.16. The monoisotopic (exact) mass is 238 g/mol. The van der Waals surface area contributed by atoms with Gasteiger partial charge in [-0.1, -0.05) is 26.2 Å². The molecule has 0 fully saturated rings. The highest BCUT2D eigenvalue weighted by Crippen LogP contribution is 2.13. The average molecular weight is 238 g/mol. The Hall–Kier alpha value is -1.25. The predicted octanol–water partition coefficient (Wildman–Crippen LogP) is 3.51. The Morgan fingerprint density at radius 1 is 1.18 bits per heavy atom. The minimum Gasteiger partial charge on any atom is -0.466 e. The molecule has 0 saturated heterocycles. The summed E-state index contributed by atoms with van der Waals surface area (Å²) in [5, 5.41) is 0. The number of esters is 1. The maximum atomic E-state index is 11.2. The molecule has 3 nitrogen and oxygen atoms in total. The van der Waals surface area contributed by atoms with E-state index < -0.39 is 0 Å². The Balaban J connectivity index is 2.29. The van der Waals surface area contributed by atoms with Gasteiger partial charge in [-0.2, -0.15) is 0 Å². The van der Waals surface area contributed by atoms with Gasteiger partial charge in [0.15, 0.2) is 0 Å². The summed E-state index contributed by atoms with van der Waals surface area (Å²) >= 11 is 0. The third-order valence-corrected chi connectivity index (χ3v) is 2.62. The average Bonchev–Trinajstić information content (AvgIpc) is 2.72. The van der Waals surface area contributed by atoms with Gasteiger partial charge in [-0.15, -0.1) is 0 Å². The summed E-state index contributed by atoms with van der Waals surface area (Å²) in [7, 11) is 0. The van der Waals surface area contributed by atoms with Crippen LogP contribution in [0.4, 0.5) is 0 Å². The molecule has 0 amide bonds. The van der Waals surface area contributed by atoms with E-state index in [0.29, 0.717) is 12.4 Å². The van der Waals surface area contributed by atoms with Crippen molar-refractivity contribution in [2.75, 3.05) is 6.61 Å². The number of carbonyl (C=O) groups excluding carboxylic acids is 1. The maximum Gasteiger partial charge on any atom is 0.313 e. The summed E-state index contributed by atoms with van der Waals surface area (Å²) in [6, 6.07) is 3.83. The van der Waals surface area contributed by atoms with Gasteiger partial charge in [0.25, 0.3) is 0 Å². The van der Waals surface area contributed by atoms with Crippen LogP contribution in [0.5, 0.6) is 0 Å². The summed E-state index contributed by atoms with van der Waals surface area (Å²) in [4.78, 5) is 11.2. The van der Waals surface area contributed by atoms with Crippen LogP contribution in [0.2, 0.25) is 0 Å². The van der Waals surface area contributed by atoms with Crippen LogP contribution >= 0.6 is 0 Å². The number of furan rings is 1. The third-order valence-electron chi connectivity index (χ3n) is 2.62. The van der Waals surface area contributed by atoms with E-state index >= 15 is 0 Å². The zero-order chi connectivity index (χ0) is 12.5. The first-order valence-electron chi connectivity index (χ1n) is 6.49. The lowest BCUT2D eigenvalue weighted by Gasteiger charge is -1.99. The van der Waals surface area contributed by atoms with E-state index in [9.17, 15) is 4.79 Å². The molecule has 0 aromatic carbocycles. The normalized spacial score (nSPS) is 10.5. The lowest BCUT2D eigenvalue weighted by Crippen LogP contribution is -2.06. The molecular weight excluding hydrogens is 216 g/mol. The smallest absolute Gasteiger partial charge is 0.313 e. The Labute approximate surface area is 103 Å². The Morgan fingerprint density at radius 3 is 2.65 bits per heavy atom. The molecule has 1 rings (SSSR count). The van der Waals surface area contributed by atoms with Crippen molar-refractivity contribution in [2.45, 2.75) is 52.4 Å². The summed E-state index contributed by atoms with van der Waals surface area (Å²) in [5.74, 6) is 1.45. The van der Waals surface area contributed by atoms with Crippen molar-refractivity contribution in [3.63, 3.8) is 0 Å². The van der Waals surface area contributed by atoms with Gasteiger partial charge < -0.3 is 9.15 Å². The van der Waals surface area contributed by atoms with Crippen LogP contribution in [0.15, 0.2) is 16.5 Å². The first kappa shape index (κ1) is 13.8. The first-order valence-corrected chi connectivity index (χ1v) is 6.49. The molecule has 0 N–H and O–H groups in total. The third kappa shape index (κ3) is 5.57. The Bertz CT molecular complexity index is 328. The molecule has 1 heterocycles. The van der Waals surface area contributed by atoms with Gasteiger partial charge in [-0.05, 0) is 25.5 Å². The largest absolute Gasteiger partial charge is 0.466 e. The molecular formula is C14H22O3. The second-order valence-electron chi connectivity index (χ2n) is 4.16. The van der Waals surface area contributed by atoms with E-state index in [1.807, 2.05) is 12.1 Å². The summed E-state index contributed by atoms with van der Waals surface area (Å²) in [5.41, 5.74) is 0. The molecule has 1 aromatic rings. The number of hydrogen-bond acceptors (Lipinski definition) is 3. The molecule has 0 saturated carbocycles. The molecule has 0 aliphatic rings. The Kier molecular flexibility index (Phi) is 6.45. The van der Waals surface area contributed by atoms with Crippen molar-refractivity contribution < 1.29 is 13.9 Å². The van der Waals surface area contributed by atoms with Crippen LogP contribution in [0.1, 0.15) is 51.1 Å². The lowest BCUT2D eigenvalue weighted by atomic mass is 10.1. The molecule has 0 unspecified atom stereocenters. The number of rotatable bonds is 8. The van der Waals surface area contributed by atoms with Gasteiger partial charge in [-0.3, -0.25) is 4.79 Å². The summed E-state index contributed by atoms with van der Waals surface area (Å²) in [6.07, 6.45) is 6.11. The van der Waals surface area contributed by atoms with Crippen molar-refractivity contribution in [3.8, 4) is 0 Å². The second kappa shape index (κ2) is 7.93. The minimum atomic E-state index is -0.223. The standard InChI is InChI=1S/C14H22O3/c1-3-5-6-7-8-12-9-10-13(17-12)11-14(15)16-4-2/h9-10H,3-8,11H2,1-2H3. The van der Waals surface area contributed by atoms with Crippen LogP contribution in [0, 0.1) is 0 Å². The van der Waals surface area contributed by atoms with Crippen molar-refractivity contribution in [3.05, 3.63) is 23.7 Å². The summed E-state index contributed by atoms with van der Waals surface area (Å²) in [6.45, 7) is 4.42. The van der Waals surface area contributed by atoms with E-state index in [1.165, 1.54) is 19.3 Å². The fourth-order valence-electron chi connectivity index (χ4n) is 1.73. The minimum absolute atomic E-state index is 0.223. The highest BCUT2D eigenvalue weighted by Gasteiger charge is 2.08. The summed E-state index contributed by atoms with van der Waals surface area (Å²) < 4.78 is 10.4. The zero-order valence-corrected chi connectivity index (χ0v) is 10.8. The number of ether oxygens (including phenoxy) is 1. The highest BCUT2D eigenvalue weighted by atomic mass is 16.5. The van der Waals surface area contributed by atoms with Crippen LogP contribution in [0.3, 0.4) is 0 Å². The van der Waals surface area contributed by atoms with Crippen LogP contribution in [-0.4, -0.2) is 12.6 Å². The quantitative estimate of drug-likeness (QED) is 0.514. The van der Waals surface area contributed by atoms with Crippen LogP contribution < -0.4 is 0 Å². The van der Waals surface area contributed by atoms with E-state index in [-0.39, 0.29) is 12.4 Å². The molecule has 0 atom stereocenters. The molecule has 1 aromatic heterocycles. The van der Waals surface area contributed by atoms with Crippen LogP contribution in [0.25, 0.3) is 0 Å². The number of carbonyl (C=O) groups is 1. The molecule has 0 radical (unpaired) electrons. The topological polar surface area (TPSA) is 39.4 Å². The molecule has 96 valence electrons. The van der Waals surface area contributed by atoms with Crippen molar-refractivity contribution >= 4 is 5.97 Å². The predicted molar refractivity (Wildman–Crippen MR) is 66.9 cm³/mol. The molecule has 0 bridgehead atoms. The van der Waals surface area contributed by atoms with Gasteiger partial charge in [0.1, 0.15) is 17.9 Å². The maximum absolute atomic E-state index is 11.2. The van der Waals surface area contributed by atoms with Crippen molar-refractivity contribution in [1.82, 2.24) is 0 Å². The molecule has 0 spiro atoms. The molecule has 0 aliphatic carbocycles. The SMILES string of the molecule is CCCCCCc1ccc(CC(=O)OCC)o1. The van der Waals surface area contributed by atoms with Gasteiger partial charge in [0, 0.05) is 6.42 Å². The van der Waals surface area contributed by atoms with Gasteiger partial charge >= 0.3 is 5.97 Å². The number of hydrogen-bond donors (Lipinski definition) is 0. The van der Waals surface area contributed by atoms with Gasteiger partial charge in [0.05, 0.1) is 6.61 Å². The van der Waals surface area contributed by atoms with Gasteiger partial charge in [-0.25, -0.2) is 0 Å². The van der Waals surface area contributed by atoms with E-state index in [2.05, 4.69) is 6.92 Å². The molecule has 0 aliphatic heterocycles. The van der Waals surface area contributed by atoms with E-state index in [4.69, 9.17) is 9.15 Å². The Morgan fingerprint density at radius 2 is 1.94 bits per heavy atom. The highest BCUT2D eigenvalue weighted by molar-refractivity contribution is 5.71. The van der Waals surface area contributed by atoms with E-state index in [0.717, 1.165) is 18.6 Å². The number of unbranched alkanes of at least 4 members (excludes halogenated alkanes) is 3. The fourth-order valence-corrected chi connectivity index (χ4v) is 1.73.